The molecule has 182 valence electrons. The standard InChI is InChI=1S/C25H32N4O4S/c1-2-32-21-6-7-23-19(16-21)15-20(24(30)27-23)17-29(18-22-5-3-12-33-22)25(34)26-8-4-9-28-10-13-31-14-11-28/h3,5-7,12,15-16H,2,4,8-11,13-14,17-18H2,1H3,(H,26,34)(H,27,30). The molecule has 1 aliphatic heterocycles. The number of hydrogen-bond acceptors (Lipinski definition) is 6. The summed E-state index contributed by atoms with van der Waals surface area (Å²) in [6, 6.07) is 11.3. The third kappa shape index (κ3) is 6.59. The van der Waals surface area contributed by atoms with Gasteiger partial charge in [0.1, 0.15) is 11.5 Å². The van der Waals surface area contributed by atoms with Gasteiger partial charge in [0.2, 0.25) is 0 Å². The SMILES string of the molecule is CCOc1ccc2[nH]c(=O)c(CN(Cc3ccco3)C(=S)NCCCN3CCOCC3)cc2c1. The lowest BCUT2D eigenvalue weighted by atomic mass is 10.1. The number of ether oxygens (including phenoxy) is 2. The molecule has 0 spiro atoms. The summed E-state index contributed by atoms with van der Waals surface area (Å²) in [5, 5.41) is 4.88. The van der Waals surface area contributed by atoms with Crippen molar-refractivity contribution in [1.29, 1.82) is 0 Å². The van der Waals surface area contributed by atoms with Crippen LogP contribution in [0.1, 0.15) is 24.7 Å². The van der Waals surface area contributed by atoms with Crippen molar-refractivity contribution < 1.29 is 13.9 Å². The van der Waals surface area contributed by atoms with E-state index >= 15 is 0 Å². The van der Waals surface area contributed by atoms with Crippen LogP contribution in [-0.4, -0.2) is 65.9 Å². The number of aromatic nitrogens is 1. The summed E-state index contributed by atoms with van der Waals surface area (Å²) in [5.41, 5.74) is 1.28. The van der Waals surface area contributed by atoms with Crippen LogP contribution in [-0.2, 0) is 17.8 Å². The highest BCUT2D eigenvalue weighted by Crippen LogP contribution is 2.20. The van der Waals surface area contributed by atoms with Crippen molar-refractivity contribution in [1.82, 2.24) is 20.1 Å². The molecule has 0 radical (unpaired) electrons. The third-order valence-electron chi connectivity index (χ3n) is 5.81. The molecule has 4 rings (SSSR count). The van der Waals surface area contributed by atoms with Crippen LogP contribution in [0.2, 0.25) is 0 Å². The molecule has 3 aromatic rings. The third-order valence-corrected chi connectivity index (χ3v) is 6.21. The normalized spacial score (nSPS) is 14.3. The molecule has 0 unspecified atom stereocenters. The lowest BCUT2D eigenvalue weighted by molar-refractivity contribution is 0.0376. The van der Waals surface area contributed by atoms with E-state index in [0.717, 1.165) is 68.2 Å². The molecule has 1 saturated heterocycles. The van der Waals surface area contributed by atoms with Crippen LogP contribution in [0.25, 0.3) is 10.9 Å². The van der Waals surface area contributed by atoms with E-state index in [4.69, 9.17) is 26.1 Å². The molecule has 0 saturated carbocycles. The fraction of sp³-hybridized carbons (Fsp3) is 0.440. The van der Waals surface area contributed by atoms with Crippen LogP contribution in [0.4, 0.5) is 0 Å². The molecule has 1 aliphatic rings. The fourth-order valence-corrected chi connectivity index (χ4v) is 4.27. The zero-order valence-electron chi connectivity index (χ0n) is 19.5. The molecule has 1 aromatic carbocycles. The lowest BCUT2D eigenvalue weighted by Crippen LogP contribution is -2.42. The zero-order chi connectivity index (χ0) is 23.8. The minimum Gasteiger partial charge on any atom is -0.494 e. The van der Waals surface area contributed by atoms with Crippen molar-refractivity contribution >= 4 is 28.2 Å². The van der Waals surface area contributed by atoms with E-state index in [0.29, 0.717) is 30.4 Å². The maximum absolute atomic E-state index is 12.8. The van der Waals surface area contributed by atoms with Gasteiger partial charge in [-0.15, -0.1) is 0 Å². The van der Waals surface area contributed by atoms with Gasteiger partial charge in [-0.1, -0.05) is 0 Å². The van der Waals surface area contributed by atoms with E-state index in [-0.39, 0.29) is 5.56 Å². The summed E-state index contributed by atoms with van der Waals surface area (Å²) in [4.78, 5) is 20.2. The number of thiocarbonyl (C=S) groups is 1. The number of pyridine rings is 1. The Morgan fingerprint density at radius 1 is 1.24 bits per heavy atom. The first-order valence-corrected chi connectivity index (χ1v) is 12.2. The van der Waals surface area contributed by atoms with Gasteiger partial charge in [-0.05, 0) is 68.5 Å². The summed E-state index contributed by atoms with van der Waals surface area (Å²) >= 11 is 5.72. The second-order valence-electron chi connectivity index (χ2n) is 8.28. The van der Waals surface area contributed by atoms with E-state index < -0.39 is 0 Å². The summed E-state index contributed by atoms with van der Waals surface area (Å²) in [5.74, 6) is 1.56. The zero-order valence-corrected chi connectivity index (χ0v) is 20.4. The van der Waals surface area contributed by atoms with Crippen LogP contribution >= 0.6 is 12.2 Å². The van der Waals surface area contributed by atoms with Gasteiger partial charge in [-0.25, -0.2) is 0 Å². The highest BCUT2D eigenvalue weighted by Gasteiger charge is 2.16. The summed E-state index contributed by atoms with van der Waals surface area (Å²) in [6.07, 6.45) is 2.62. The first kappa shape index (κ1) is 24.3. The van der Waals surface area contributed by atoms with Gasteiger partial charge >= 0.3 is 0 Å². The molecule has 2 N–H and O–H groups in total. The maximum atomic E-state index is 12.8. The van der Waals surface area contributed by atoms with Crippen LogP contribution in [0.5, 0.6) is 5.75 Å². The summed E-state index contributed by atoms with van der Waals surface area (Å²) in [6.45, 7) is 8.69. The number of nitrogens with one attached hydrogen (secondary N) is 2. The molecule has 0 atom stereocenters. The molecule has 3 heterocycles. The van der Waals surface area contributed by atoms with Crippen molar-refractivity contribution in [3.63, 3.8) is 0 Å². The topological polar surface area (TPSA) is 83.0 Å². The summed E-state index contributed by atoms with van der Waals surface area (Å²) in [7, 11) is 0. The fourth-order valence-electron chi connectivity index (χ4n) is 4.03. The first-order chi connectivity index (χ1) is 16.6. The van der Waals surface area contributed by atoms with Gasteiger partial charge in [0.05, 0.1) is 39.2 Å². The molecule has 1 fully saturated rings. The minimum absolute atomic E-state index is 0.128. The number of morpholine rings is 1. The van der Waals surface area contributed by atoms with E-state index in [1.165, 1.54) is 0 Å². The molecule has 8 nitrogen and oxygen atoms in total. The van der Waals surface area contributed by atoms with Crippen LogP contribution < -0.4 is 15.6 Å². The maximum Gasteiger partial charge on any atom is 0.253 e. The number of fused-ring (bicyclic) bond motifs is 1. The van der Waals surface area contributed by atoms with Gasteiger partial charge in [-0.2, -0.15) is 0 Å². The minimum atomic E-state index is -0.128. The van der Waals surface area contributed by atoms with Crippen molar-refractivity contribution in [3.05, 3.63) is 64.3 Å². The number of rotatable bonds is 10. The van der Waals surface area contributed by atoms with Crippen molar-refractivity contribution in [2.24, 2.45) is 0 Å². The molecular formula is C25H32N4O4S. The van der Waals surface area contributed by atoms with E-state index in [2.05, 4.69) is 15.2 Å². The average Bonchev–Trinajstić information content (AvgIpc) is 3.36. The Morgan fingerprint density at radius 3 is 2.85 bits per heavy atom. The van der Waals surface area contributed by atoms with Gasteiger partial charge in [0.15, 0.2) is 5.11 Å². The molecular weight excluding hydrogens is 452 g/mol. The van der Waals surface area contributed by atoms with E-state index in [1.807, 2.05) is 48.2 Å². The van der Waals surface area contributed by atoms with Crippen LogP contribution in [0, 0.1) is 0 Å². The predicted molar refractivity (Wildman–Crippen MR) is 136 cm³/mol. The number of benzene rings is 1. The highest BCUT2D eigenvalue weighted by atomic mass is 32.1. The number of aromatic amines is 1. The van der Waals surface area contributed by atoms with Gasteiger partial charge < -0.3 is 29.1 Å². The monoisotopic (exact) mass is 484 g/mol. The molecule has 34 heavy (non-hydrogen) atoms. The quantitative estimate of drug-likeness (QED) is 0.336. The molecule has 9 heteroatoms. The van der Waals surface area contributed by atoms with Gasteiger partial charge in [-0.3, -0.25) is 9.69 Å². The van der Waals surface area contributed by atoms with Crippen molar-refractivity contribution in [3.8, 4) is 5.75 Å². The predicted octanol–water partition coefficient (Wildman–Crippen LogP) is 3.12. The Labute approximate surface area is 204 Å². The molecule has 0 amide bonds. The number of nitrogens with zero attached hydrogens (tertiary/aromatic N) is 2. The van der Waals surface area contributed by atoms with Gasteiger partial charge in [0.25, 0.3) is 5.56 Å². The highest BCUT2D eigenvalue weighted by molar-refractivity contribution is 7.80. The van der Waals surface area contributed by atoms with Crippen molar-refractivity contribution in [2.75, 3.05) is 46.0 Å². The first-order valence-electron chi connectivity index (χ1n) is 11.8. The second-order valence-corrected chi connectivity index (χ2v) is 8.67. The Hall–Kier alpha value is -2.88. The Bertz CT molecular complexity index is 1130. The summed E-state index contributed by atoms with van der Waals surface area (Å²) < 4.78 is 16.6. The lowest BCUT2D eigenvalue weighted by Gasteiger charge is -2.27. The largest absolute Gasteiger partial charge is 0.494 e. The number of H-pyrrole nitrogens is 1. The number of furan rings is 1. The van der Waals surface area contributed by atoms with Crippen LogP contribution in [0.15, 0.2) is 51.9 Å². The Morgan fingerprint density at radius 2 is 2.09 bits per heavy atom. The Balaban J connectivity index is 1.44. The molecule has 0 aliphatic carbocycles. The van der Waals surface area contributed by atoms with E-state index in [9.17, 15) is 4.79 Å². The second kappa shape index (κ2) is 12.0. The smallest absolute Gasteiger partial charge is 0.253 e. The van der Waals surface area contributed by atoms with E-state index in [1.54, 1.807) is 6.26 Å². The molecule has 0 bridgehead atoms. The number of hydrogen-bond donors (Lipinski definition) is 2. The van der Waals surface area contributed by atoms with Crippen LogP contribution in [0.3, 0.4) is 0 Å². The average molecular weight is 485 g/mol. The Kier molecular flexibility index (Phi) is 8.56. The van der Waals surface area contributed by atoms with Crippen molar-refractivity contribution in [2.45, 2.75) is 26.4 Å². The van der Waals surface area contributed by atoms with Gasteiger partial charge in [0, 0.05) is 36.1 Å². The molecule has 2 aromatic heterocycles.